The molecule has 0 aliphatic carbocycles. The smallest absolute Gasteiger partial charge is 0.173 e. The summed E-state index contributed by atoms with van der Waals surface area (Å²) in [5.74, 6) is 1.09. The van der Waals surface area contributed by atoms with Crippen LogP contribution in [0.15, 0.2) is 28.6 Å². The molecule has 2 rings (SSSR count). The van der Waals surface area contributed by atoms with Crippen LogP contribution >= 0.6 is 23.3 Å². The Balaban J connectivity index is 1.97. The van der Waals surface area contributed by atoms with Crippen LogP contribution in [-0.4, -0.2) is 20.9 Å². The molecule has 0 spiro atoms. The lowest BCUT2D eigenvalue weighted by molar-refractivity contribution is 0.102. The average Bonchev–Trinajstić information content (AvgIpc) is 2.82. The van der Waals surface area contributed by atoms with E-state index in [9.17, 15) is 4.79 Å². The maximum atomic E-state index is 11.9. The summed E-state index contributed by atoms with van der Waals surface area (Å²) in [6, 6.07) is 8.66. The molecule has 0 saturated carbocycles. The van der Waals surface area contributed by atoms with Crippen LogP contribution < -0.4 is 0 Å². The number of ketones is 1. The largest absolute Gasteiger partial charge is 0.293 e. The van der Waals surface area contributed by atoms with Crippen LogP contribution in [0.4, 0.5) is 0 Å². The summed E-state index contributed by atoms with van der Waals surface area (Å²) < 4.78 is 4.85. The molecule has 0 fully saturated rings. The first-order valence-corrected chi connectivity index (χ1v) is 6.91. The van der Waals surface area contributed by atoms with Crippen molar-refractivity contribution in [2.45, 2.75) is 11.3 Å². The molecule has 0 bridgehead atoms. The van der Waals surface area contributed by atoms with Gasteiger partial charge in [0.05, 0.1) is 17.4 Å². The van der Waals surface area contributed by atoms with E-state index >= 15 is 0 Å². The topological polar surface area (TPSA) is 66.6 Å². The van der Waals surface area contributed by atoms with Crippen LogP contribution in [-0.2, 0) is 0 Å². The molecule has 90 valence electrons. The number of benzene rings is 1. The monoisotopic (exact) mass is 275 g/mol. The molecule has 0 N–H and O–H groups in total. The van der Waals surface area contributed by atoms with Gasteiger partial charge < -0.3 is 0 Å². The fourth-order valence-corrected chi connectivity index (χ4v) is 2.82. The number of aromatic nitrogens is 2. The SMILES string of the molecule is Cc1nsc(SCC(=O)c2ccc(C#N)cc2)n1. The molecule has 1 heterocycles. The third kappa shape index (κ3) is 3.15. The molecule has 1 aromatic carbocycles. The highest BCUT2D eigenvalue weighted by atomic mass is 32.2. The zero-order chi connectivity index (χ0) is 13.0. The number of carbonyl (C=O) groups excluding carboxylic acids is 1. The van der Waals surface area contributed by atoms with Gasteiger partial charge in [-0.1, -0.05) is 23.9 Å². The molecule has 0 aliphatic rings. The minimum absolute atomic E-state index is 0.0253. The summed E-state index contributed by atoms with van der Waals surface area (Å²) in [5.41, 5.74) is 1.17. The van der Waals surface area contributed by atoms with Crippen LogP contribution in [0.5, 0.6) is 0 Å². The third-order valence-electron chi connectivity index (χ3n) is 2.17. The molecule has 2 aromatic rings. The Bertz CT molecular complexity index is 599. The molecule has 0 unspecified atom stereocenters. The predicted octanol–water partition coefficient (Wildman–Crippen LogP) is 2.69. The quantitative estimate of drug-likeness (QED) is 0.634. The normalized spacial score (nSPS) is 10.0. The lowest BCUT2D eigenvalue weighted by Gasteiger charge is -1.99. The van der Waals surface area contributed by atoms with Crippen molar-refractivity contribution in [3.8, 4) is 6.07 Å². The Morgan fingerprint density at radius 1 is 1.44 bits per heavy atom. The summed E-state index contributed by atoms with van der Waals surface area (Å²) in [7, 11) is 0. The van der Waals surface area contributed by atoms with Crippen molar-refractivity contribution >= 4 is 29.1 Å². The van der Waals surface area contributed by atoms with Crippen molar-refractivity contribution in [1.29, 1.82) is 5.26 Å². The average molecular weight is 275 g/mol. The van der Waals surface area contributed by atoms with Gasteiger partial charge in [-0.15, -0.1) is 0 Å². The van der Waals surface area contributed by atoms with Crippen molar-refractivity contribution < 1.29 is 4.79 Å². The van der Waals surface area contributed by atoms with Crippen LogP contribution in [0.1, 0.15) is 21.7 Å². The van der Waals surface area contributed by atoms with Crippen molar-refractivity contribution in [3.05, 3.63) is 41.2 Å². The van der Waals surface area contributed by atoms with Crippen molar-refractivity contribution in [2.75, 3.05) is 5.75 Å². The van der Waals surface area contributed by atoms with Gasteiger partial charge in [-0.25, -0.2) is 4.98 Å². The van der Waals surface area contributed by atoms with Gasteiger partial charge in [-0.05, 0) is 30.6 Å². The summed E-state index contributed by atoms with van der Waals surface area (Å²) in [6.45, 7) is 1.82. The predicted molar refractivity (Wildman–Crippen MR) is 70.9 cm³/mol. The standard InChI is InChI=1S/C12H9N3OS2/c1-8-14-12(18-15-8)17-7-11(16)10-4-2-9(6-13)3-5-10/h2-5H,7H2,1H3. The highest BCUT2D eigenvalue weighted by Gasteiger charge is 2.08. The van der Waals surface area contributed by atoms with Gasteiger partial charge in [0.15, 0.2) is 10.1 Å². The summed E-state index contributed by atoms with van der Waals surface area (Å²) in [6.07, 6.45) is 0. The molecule has 4 nitrogen and oxygen atoms in total. The minimum atomic E-state index is 0.0253. The van der Waals surface area contributed by atoms with E-state index in [0.717, 1.165) is 10.2 Å². The van der Waals surface area contributed by atoms with Gasteiger partial charge in [0.2, 0.25) is 0 Å². The molecule has 0 atom stereocenters. The van der Waals surface area contributed by atoms with Crippen LogP contribution in [0.25, 0.3) is 0 Å². The lowest BCUT2D eigenvalue weighted by Crippen LogP contribution is -2.01. The third-order valence-corrected chi connectivity index (χ3v) is 4.10. The lowest BCUT2D eigenvalue weighted by atomic mass is 10.1. The Kier molecular flexibility index (Phi) is 4.07. The molecule has 1 aromatic heterocycles. The van der Waals surface area contributed by atoms with Crippen molar-refractivity contribution in [2.24, 2.45) is 0 Å². The van der Waals surface area contributed by atoms with Crippen molar-refractivity contribution in [1.82, 2.24) is 9.36 Å². The zero-order valence-electron chi connectivity index (χ0n) is 9.58. The number of rotatable bonds is 4. The first kappa shape index (κ1) is 12.7. The number of aryl methyl sites for hydroxylation is 1. The van der Waals surface area contributed by atoms with Gasteiger partial charge in [0, 0.05) is 5.56 Å². The Labute approximate surface area is 113 Å². The van der Waals surface area contributed by atoms with E-state index in [1.165, 1.54) is 23.3 Å². The first-order valence-electron chi connectivity index (χ1n) is 5.15. The molecule has 0 aliphatic heterocycles. The van der Waals surface area contributed by atoms with Gasteiger partial charge in [0.1, 0.15) is 5.82 Å². The van der Waals surface area contributed by atoms with Crippen LogP contribution in [0.2, 0.25) is 0 Å². The maximum absolute atomic E-state index is 11.9. The van der Waals surface area contributed by atoms with Crippen LogP contribution in [0.3, 0.4) is 0 Å². The molecule has 0 radical (unpaired) electrons. The van der Waals surface area contributed by atoms with E-state index in [1.807, 2.05) is 13.0 Å². The van der Waals surface area contributed by atoms with Gasteiger partial charge in [0.25, 0.3) is 0 Å². The molecular weight excluding hydrogens is 266 g/mol. The Hall–Kier alpha value is -1.71. The number of hydrogen-bond acceptors (Lipinski definition) is 6. The molecule has 0 amide bonds. The summed E-state index contributed by atoms with van der Waals surface area (Å²) in [5, 5.41) is 8.67. The number of hydrogen-bond donors (Lipinski definition) is 0. The summed E-state index contributed by atoms with van der Waals surface area (Å²) in [4.78, 5) is 16.1. The fourth-order valence-electron chi connectivity index (χ4n) is 1.28. The first-order chi connectivity index (χ1) is 8.69. The van der Waals surface area contributed by atoms with Gasteiger partial charge >= 0.3 is 0 Å². The number of nitrogens with zero attached hydrogens (tertiary/aromatic N) is 3. The second-order valence-corrected chi connectivity index (χ2v) is 5.48. The number of Topliss-reactive ketones (excluding diaryl/α,β-unsaturated/α-hetero) is 1. The molecular formula is C12H9N3OS2. The Morgan fingerprint density at radius 2 is 2.17 bits per heavy atom. The molecule has 6 heteroatoms. The minimum Gasteiger partial charge on any atom is -0.293 e. The van der Waals surface area contributed by atoms with E-state index < -0.39 is 0 Å². The molecule has 0 saturated heterocycles. The Morgan fingerprint density at radius 3 is 2.72 bits per heavy atom. The second kappa shape index (κ2) is 5.76. The summed E-state index contributed by atoms with van der Waals surface area (Å²) >= 11 is 2.68. The highest BCUT2D eigenvalue weighted by molar-refractivity contribution is 8.01. The van der Waals surface area contributed by atoms with E-state index in [1.54, 1.807) is 24.3 Å². The fraction of sp³-hybridized carbons (Fsp3) is 0.167. The van der Waals surface area contributed by atoms with Crippen LogP contribution in [0, 0.1) is 18.3 Å². The van der Waals surface area contributed by atoms with Gasteiger partial charge in [-0.3, -0.25) is 4.79 Å². The van der Waals surface area contributed by atoms with E-state index in [2.05, 4.69) is 9.36 Å². The van der Waals surface area contributed by atoms with E-state index in [-0.39, 0.29) is 5.78 Å². The number of thioether (sulfide) groups is 1. The molecule has 18 heavy (non-hydrogen) atoms. The zero-order valence-corrected chi connectivity index (χ0v) is 11.2. The van der Waals surface area contributed by atoms with Gasteiger partial charge in [-0.2, -0.15) is 9.64 Å². The van der Waals surface area contributed by atoms with Crippen molar-refractivity contribution in [3.63, 3.8) is 0 Å². The highest BCUT2D eigenvalue weighted by Crippen LogP contribution is 2.21. The maximum Gasteiger partial charge on any atom is 0.173 e. The number of nitriles is 1. The van der Waals surface area contributed by atoms with E-state index in [4.69, 9.17) is 5.26 Å². The van der Waals surface area contributed by atoms with E-state index in [0.29, 0.717) is 16.9 Å². The number of carbonyl (C=O) groups is 1. The second-order valence-electron chi connectivity index (χ2n) is 3.51.